The van der Waals surface area contributed by atoms with Crippen LogP contribution in [0.5, 0.6) is 11.5 Å². The fourth-order valence-electron chi connectivity index (χ4n) is 2.99. The topological polar surface area (TPSA) is 60.9 Å². The zero-order valence-electron chi connectivity index (χ0n) is 18.5. The molecule has 0 bridgehead atoms. The third kappa shape index (κ3) is 7.08. The quantitative estimate of drug-likeness (QED) is 0.244. The first kappa shape index (κ1) is 25.3. The molecule has 0 unspecified atom stereocenters. The van der Waals surface area contributed by atoms with Crippen LogP contribution in [0, 0.1) is 0 Å². The number of anilines is 2. The highest BCUT2D eigenvalue weighted by molar-refractivity contribution is 7.09. The Labute approximate surface area is 197 Å². The number of hydrogen-bond donors (Lipinski definition) is 0. The summed E-state index contributed by atoms with van der Waals surface area (Å²) in [6.07, 6.45) is 1.64. The van der Waals surface area contributed by atoms with Crippen molar-refractivity contribution in [3.63, 3.8) is 0 Å². The highest BCUT2D eigenvalue weighted by atomic mass is 32.1. The highest BCUT2D eigenvalue weighted by Gasteiger charge is 2.21. The van der Waals surface area contributed by atoms with E-state index in [1.807, 2.05) is 0 Å². The number of alkyl halides is 4. The lowest BCUT2D eigenvalue weighted by molar-refractivity contribution is -0.0692. The Balaban J connectivity index is 2.04. The highest BCUT2D eigenvalue weighted by Crippen LogP contribution is 2.38. The van der Waals surface area contributed by atoms with Gasteiger partial charge in [0.1, 0.15) is 5.60 Å². The average molecular weight is 498 g/mol. The molecule has 0 saturated carbocycles. The molecule has 3 rings (SSSR count). The third-order valence-electron chi connectivity index (χ3n) is 4.26. The minimum absolute atomic E-state index is 0.256. The van der Waals surface area contributed by atoms with E-state index >= 15 is 0 Å². The van der Waals surface area contributed by atoms with E-state index in [9.17, 15) is 22.4 Å². The molecule has 0 spiro atoms. The minimum Gasteiger partial charge on any atom is -0.456 e. The number of nitrogens with zero attached hydrogens (tertiary/aromatic N) is 2. The molecule has 0 aliphatic carbocycles. The van der Waals surface area contributed by atoms with Crippen LogP contribution in [0.25, 0.3) is 0 Å². The van der Waals surface area contributed by atoms with E-state index in [4.69, 9.17) is 4.74 Å². The van der Waals surface area contributed by atoms with Crippen LogP contribution in [0.1, 0.15) is 36.0 Å². The van der Waals surface area contributed by atoms with Gasteiger partial charge in [-0.2, -0.15) is 17.6 Å². The number of benzene rings is 2. The zero-order chi connectivity index (χ0) is 24.9. The van der Waals surface area contributed by atoms with E-state index in [0.29, 0.717) is 11.4 Å². The van der Waals surface area contributed by atoms with Gasteiger partial charge >= 0.3 is 19.2 Å². The van der Waals surface area contributed by atoms with Crippen molar-refractivity contribution in [1.82, 2.24) is 4.98 Å². The first-order chi connectivity index (χ1) is 16.0. The lowest BCUT2D eigenvalue weighted by Gasteiger charge is -2.26. The minimum atomic E-state index is -3.25. The van der Waals surface area contributed by atoms with Crippen LogP contribution in [0.4, 0.5) is 28.9 Å². The monoisotopic (exact) mass is 498 g/mol. The number of halogens is 4. The van der Waals surface area contributed by atoms with Crippen molar-refractivity contribution in [2.45, 2.75) is 46.1 Å². The number of rotatable bonds is 9. The van der Waals surface area contributed by atoms with Crippen LogP contribution in [0.3, 0.4) is 0 Å². The van der Waals surface area contributed by atoms with E-state index in [2.05, 4.69) is 14.5 Å². The molecule has 6 nitrogen and oxygen atoms in total. The summed E-state index contributed by atoms with van der Waals surface area (Å²) in [5.41, 5.74) is 2.09. The molecule has 11 heteroatoms. The number of carbonyl (C=O) groups is 1. The van der Waals surface area contributed by atoms with Crippen molar-refractivity contribution in [2.75, 3.05) is 4.90 Å². The molecule has 182 valence electrons. The van der Waals surface area contributed by atoms with Gasteiger partial charge in [-0.1, -0.05) is 6.07 Å². The average Bonchev–Trinajstić information content (AvgIpc) is 3.25. The summed E-state index contributed by atoms with van der Waals surface area (Å²) in [5.74, 6) is -1.61. The van der Waals surface area contributed by atoms with Crippen molar-refractivity contribution >= 4 is 28.7 Å². The van der Waals surface area contributed by atoms with Crippen molar-refractivity contribution in [2.24, 2.45) is 0 Å². The molecular weight excluding hydrogens is 476 g/mol. The molecule has 2 aromatic carbocycles. The van der Waals surface area contributed by atoms with Gasteiger partial charge in [-0.3, -0.25) is 4.98 Å². The first-order valence-corrected chi connectivity index (χ1v) is 10.9. The van der Waals surface area contributed by atoms with E-state index in [-0.39, 0.29) is 12.1 Å². The van der Waals surface area contributed by atoms with E-state index in [1.165, 1.54) is 23.5 Å². The molecule has 0 aliphatic heterocycles. The largest absolute Gasteiger partial charge is 0.456 e. The van der Waals surface area contributed by atoms with E-state index < -0.39 is 36.3 Å². The summed E-state index contributed by atoms with van der Waals surface area (Å²) in [7, 11) is 0. The number of aromatic nitrogens is 1. The second kappa shape index (κ2) is 10.7. The summed E-state index contributed by atoms with van der Waals surface area (Å²) in [4.78, 5) is 19.1. The Bertz CT molecular complexity index is 1100. The molecule has 0 N–H and O–H groups in total. The number of carbonyl (C=O) groups excluding carboxylic acids is 1. The van der Waals surface area contributed by atoms with Gasteiger partial charge in [0.15, 0.2) is 11.5 Å². The predicted molar refractivity (Wildman–Crippen MR) is 119 cm³/mol. The fraction of sp³-hybridized carbons (Fsp3) is 0.304. The molecule has 0 aliphatic rings. The molecule has 1 aromatic heterocycles. The standard InChI is InChI=1S/C23H22F4N2O4S/c1-23(2,3)33-20(30)14-5-4-6-15(9-14)29(12-17-11-28-13-34-17)16-7-8-18(31-21(24)25)19(10-16)32-22(26)27/h4-11,13,21-22H,12H2,1-3H3. The Kier molecular flexibility index (Phi) is 7.98. The van der Waals surface area contributed by atoms with Crippen molar-refractivity contribution < 1.29 is 36.6 Å². The Morgan fingerprint density at radius 3 is 2.29 bits per heavy atom. The van der Waals surface area contributed by atoms with Crippen molar-refractivity contribution in [3.8, 4) is 11.5 Å². The second-order valence-corrected chi connectivity index (χ2v) is 8.97. The molecule has 34 heavy (non-hydrogen) atoms. The Morgan fingerprint density at radius 1 is 1.00 bits per heavy atom. The molecule has 3 aromatic rings. The summed E-state index contributed by atoms with van der Waals surface area (Å²) >= 11 is 1.37. The van der Waals surface area contributed by atoms with Gasteiger partial charge < -0.3 is 19.1 Å². The number of esters is 1. The number of thiazole rings is 1. The molecule has 0 fully saturated rings. The van der Waals surface area contributed by atoms with Crippen LogP contribution in [-0.2, 0) is 11.3 Å². The van der Waals surface area contributed by atoms with Crippen LogP contribution in [0.2, 0.25) is 0 Å². The van der Waals surface area contributed by atoms with Crippen molar-refractivity contribution in [1.29, 1.82) is 0 Å². The SMILES string of the molecule is CC(C)(C)OC(=O)c1cccc(N(Cc2cncs2)c2ccc(OC(F)F)c(OC(F)F)c2)c1. The third-order valence-corrected chi connectivity index (χ3v) is 5.03. The zero-order valence-corrected chi connectivity index (χ0v) is 19.3. The van der Waals surface area contributed by atoms with Gasteiger partial charge in [-0.15, -0.1) is 11.3 Å². The van der Waals surface area contributed by atoms with Crippen LogP contribution >= 0.6 is 11.3 Å². The Hall–Kier alpha value is -3.34. The summed E-state index contributed by atoms with van der Waals surface area (Å²) < 4.78 is 65.5. The van der Waals surface area contributed by atoms with Gasteiger partial charge in [0.05, 0.1) is 17.6 Å². The fourth-order valence-corrected chi connectivity index (χ4v) is 3.57. The van der Waals surface area contributed by atoms with Gasteiger partial charge in [0.2, 0.25) is 0 Å². The molecular formula is C23H22F4N2O4S. The smallest absolute Gasteiger partial charge is 0.387 e. The first-order valence-electron chi connectivity index (χ1n) is 10.0. The maximum Gasteiger partial charge on any atom is 0.387 e. The second-order valence-electron chi connectivity index (χ2n) is 7.99. The Morgan fingerprint density at radius 2 is 1.68 bits per heavy atom. The summed E-state index contributed by atoms with van der Waals surface area (Å²) in [6, 6.07) is 10.3. The number of hydrogen-bond acceptors (Lipinski definition) is 7. The lowest BCUT2D eigenvalue weighted by atomic mass is 10.1. The van der Waals surface area contributed by atoms with Gasteiger partial charge in [0, 0.05) is 28.5 Å². The normalized spacial score (nSPS) is 11.6. The summed E-state index contributed by atoms with van der Waals surface area (Å²) in [6.45, 7) is -0.966. The maximum atomic E-state index is 12.9. The molecule has 1 heterocycles. The summed E-state index contributed by atoms with van der Waals surface area (Å²) in [5, 5.41) is 0. The van der Waals surface area contributed by atoms with Crippen LogP contribution < -0.4 is 14.4 Å². The lowest BCUT2D eigenvalue weighted by Crippen LogP contribution is -2.24. The van der Waals surface area contributed by atoms with E-state index in [1.54, 1.807) is 61.6 Å². The van der Waals surface area contributed by atoms with Crippen LogP contribution in [-0.4, -0.2) is 29.8 Å². The molecule has 0 atom stereocenters. The number of ether oxygens (including phenoxy) is 3. The molecule has 0 saturated heterocycles. The molecule has 0 radical (unpaired) electrons. The van der Waals surface area contributed by atoms with Crippen molar-refractivity contribution in [3.05, 3.63) is 64.6 Å². The predicted octanol–water partition coefficient (Wildman–Crippen LogP) is 6.64. The van der Waals surface area contributed by atoms with Crippen LogP contribution in [0.15, 0.2) is 54.2 Å². The van der Waals surface area contributed by atoms with E-state index in [0.717, 1.165) is 10.9 Å². The van der Waals surface area contributed by atoms with Gasteiger partial charge in [-0.05, 0) is 51.1 Å². The van der Waals surface area contributed by atoms with Gasteiger partial charge in [-0.25, -0.2) is 4.79 Å². The maximum absolute atomic E-state index is 12.9. The van der Waals surface area contributed by atoms with Gasteiger partial charge in [0.25, 0.3) is 0 Å². The molecule has 0 amide bonds.